The molecule has 0 radical (unpaired) electrons. The number of thioether (sulfide) groups is 2. The number of hydrogen-bond donors (Lipinski definition) is 2. The molecule has 0 spiro atoms. The number of anilines is 4. The summed E-state index contributed by atoms with van der Waals surface area (Å²) in [6.45, 7) is 9.64. The van der Waals surface area contributed by atoms with Gasteiger partial charge in [0.25, 0.3) is 11.8 Å². The summed E-state index contributed by atoms with van der Waals surface area (Å²) in [5, 5.41) is 6.33. The maximum atomic E-state index is 14.6. The molecule has 0 unspecified atom stereocenters. The fourth-order valence-electron chi connectivity index (χ4n) is 7.71. The molecule has 17 heteroatoms. The second-order valence-electron chi connectivity index (χ2n) is 15.6. The average molecular weight is 974 g/mol. The van der Waals surface area contributed by atoms with Crippen LogP contribution in [0.1, 0.15) is 89.9 Å². The molecule has 2 aliphatic heterocycles. The number of amides is 2. The van der Waals surface area contributed by atoms with Gasteiger partial charge in [-0.1, -0.05) is 43.6 Å². The van der Waals surface area contributed by atoms with Crippen molar-refractivity contribution in [1.29, 1.82) is 0 Å². The predicted molar refractivity (Wildman–Crippen MR) is 259 cm³/mol. The topological polar surface area (TPSA) is 90.5 Å². The van der Waals surface area contributed by atoms with Crippen LogP contribution in [0.4, 0.5) is 49.4 Å². The number of nitrogens with one attached hydrogen (secondary N) is 2. The number of halogens is 7. The Morgan fingerprint density at radius 3 is 2.06 bits per heavy atom. The third-order valence-electron chi connectivity index (χ3n) is 11.2. The van der Waals surface area contributed by atoms with E-state index in [2.05, 4.69) is 20.6 Å². The van der Waals surface area contributed by atoms with E-state index in [4.69, 9.17) is 11.6 Å². The van der Waals surface area contributed by atoms with E-state index in [-0.39, 0.29) is 80.2 Å². The second kappa shape index (κ2) is 23.2. The Hall–Kier alpha value is -4.93. The lowest BCUT2D eigenvalue weighted by molar-refractivity contribution is -0.0148. The van der Waals surface area contributed by atoms with Gasteiger partial charge < -0.3 is 20.4 Å². The molecule has 2 amide bonds. The van der Waals surface area contributed by atoms with E-state index in [1.807, 2.05) is 50.6 Å². The van der Waals surface area contributed by atoms with Crippen LogP contribution in [0.5, 0.6) is 0 Å². The first-order chi connectivity index (χ1) is 31.4. The van der Waals surface area contributed by atoms with E-state index < -0.39 is 35.8 Å². The van der Waals surface area contributed by atoms with Crippen LogP contribution in [0.3, 0.4) is 0 Å². The molecule has 2 N–H and O–H groups in total. The minimum Gasteiger partial charge on any atom is -0.369 e. The lowest BCUT2D eigenvalue weighted by Gasteiger charge is -2.27. The molecular weight excluding hydrogens is 918 g/mol. The molecule has 4 heterocycles. The van der Waals surface area contributed by atoms with Gasteiger partial charge in [-0.3, -0.25) is 9.59 Å². The Balaban J connectivity index is 0.000000243. The summed E-state index contributed by atoms with van der Waals surface area (Å²) in [6, 6.07) is 18.1. The molecule has 5 aromatic rings. The highest BCUT2D eigenvalue weighted by molar-refractivity contribution is 7.98. The molecule has 0 aliphatic carbocycles. The fraction of sp³-hybridized carbons (Fsp3) is 0.388. The molecule has 2 aromatic heterocycles. The lowest BCUT2D eigenvalue weighted by Crippen LogP contribution is -2.36. The van der Waals surface area contributed by atoms with Gasteiger partial charge in [0.1, 0.15) is 23.3 Å². The minimum absolute atomic E-state index is 0.00901. The summed E-state index contributed by atoms with van der Waals surface area (Å²) in [5.41, 5.74) is 2.91. The van der Waals surface area contributed by atoms with Crippen molar-refractivity contribution in [2.24, 2.45) is 0 Å². The summed E-state index contributed by atoms with van der Waals surface area (Å²) in [7, 11) is 0. The summed E-state index contributed by atoms with van der Waals surface area (Å²) < 4.78 is 86.0. The first-order valence-electron chi connectivity index (χ1n) is 21.7. The number of aromatic nitrogens is 2. The molecule has 0 saturated carbocycles. The van der Waals surface area contributed by atoms with Gasteiger partial charge in [-0.15, -0.1) is 23.5 Å². The molecule has 2 aliphatic rings. The SMILES string of the molecule is CC.CSc1cccc(N2CCC(F)(F)CCCNc3nc(C)c(Cl)c(C)c3C2=O)c1.CSc1cccc(NC(=O)c2c(N3CCCC(F)(F)CC3)ncc(-c3c(F)cccc3F)c2C)c1. The average Bonchev–Trinajstić information content (AvgIpc) is 3.48. The third kappa shape index (κ3) is 12.7. The van der Waals surface area contributed by atoms with E-state index in [0.717, 1.165) is 21.9 Å². The Bertz CT molecular complexity index is 2490. The van der Waals surface area contributed by atoms with Crippen molar-refractivity contribution in [3.05, 3.63) is 118 Å². The van der Waals surface area contributed by atoms with Gasteiger partial charge >= 0.3 is 0 Å². The van der Waals surface area contributed by atoms with E-state index in [1.165, 1.54) is 40.7 Å². The number of rotatable bonds is 7. The van der Waals surface area contributed by atoms with Crippen LogP contribution in [-0.4, -0.2) is 72.3 Å². The number of hydrogen-bond acceptors (Lipinski definition) is 8. The number of nitrogens with zero attached hydrogens (tertiary/aromatic N) is 4. The van der Waals surface area contributed by atoms with Crippen LogP contribution in [0.15, 0.2) is 82.7 Å². The normalized spacial score (nSPS) is 15.9. The number of carbonyl (C=O) groups is 2. The molecule has 0 bridgehead atoms. The lowest BCUT2D eigenvalue weighted by atomic mass is 9.96. The van der Waals surface area contributed by atoms with Gasteiger partial charge in [0, 0.05) is 84.8 Å². The summed E-state index contributed by atoms with van der Waals surface area (Å²) in [5.74, 6) is -7.49. The maximum absolute atomic E-state index is 14.6. The molecule has 1 fully saturated rings. The first kappa shape index (κ1) is 52.0. The van der Waals surface area contributed by atoms with Crippen LogP contribution in [0.2, 0.25) is 5.02 Å². The quantitative estimate of drug-likeness (QED) is 0.123. The second-order valence-corrected chi connectivity index (χ2v) is 17.8. The molecule has 66 heavy (non-hydrogen) atoms. The van der Waals surface area contributed by atoms with Crippen LogP contribution in [0.25, 0.3) is 11.1 Å². The summed E-state index contributed by atoms with van der Waals surface area (Å²) >= 11 is 9.42. The molecule has 7 rings (SSSR count). The number of alkyl halides is 4. The summed E-state index contributed by atoms with van der Waals surface area (Å²) in [4.78, 5) is 40.9. The highest BCUT2D eigenvalue weighted by Crippen LogP contribution is 2.38. The number of benzene rings is 3. The van der Waals surface area contributed by atoms with Crippen molar-refractivity contribution in [2.75, 3.05) is 59.1 Å². The highest BCUT2D eigenvalue weighted by Gasteiger charge is 2.35. The monoisotopic (exact) mass is 972 g/mol. The van der Waals surface area contributed by atoms with Gasteiger partial charge in [0.05, 0.1) is 27.4 Å². The van der Waals surface area contributed by atoms with E-state index >= 15 is 0 Å². The van der Waals surface area contributed by atoms with Gasteiger partial charge in [-0.2, -0.15) is 0 Å². The van der Waals surface area contributed by atoms with Crippen molar-refractivity contribution in [3.8, 4) is 11.1 Å². The zero-order valence-corrected chi connectivity index (χ0v) is 40.5. The van der Waals surface area contributed by atoms with Crippen molar-refractivity contribution >= 4 is 69.9 Å². The van der Waals surface area contributed by atoms with Gasteiger partial charge in [-0.05, 0) is 106 Å². The highest BCUT2D eigenvalue weighted by atomic mass is 35.5. The van der Waals surface area contributed by atoms with Crippen molar-refractivity contribution < 1.29 is 35.9 Å². The van der Waals surface area contributed by atoms with Crippen LogP contribution in [-0.2, 0) is 0 Å². The molecule has 1 saturated heterocycles. The van der Waals surface area contributed by atoms with Crippen LogP contribution < -0.4 is 20.4 Å². The van der Waals surface area contributed by atoms with Gasteiger partial charge in [0.15, 0.2) is 0 Å². The van der Waals surface area contributed by atoms with E-state index in [1.54, 1.807) is 49.9 Å². The molecular formula is C49H55ClF6N6O2S2. The summed E-state index contributed by atoms with van der Waals surface area (Å²) in [6.07, 6.45) is 4.40. The van der Waals surface area contributed by atoms with Gasteiger partial charge in [-0.25, -0.2) is 36.3 Å². The number of carbonyl (C=O) groups excluding carboxylic acids is 2. The largest absolute Gasteiger partial charge is 0.369 e. The van der Waals surface area contributed by atoms with Crippen molar-refractivity contribution in [3.63, 3.8) is 0 Å². The zero-order chi connectivity index (χ0) is 48.3. The van der Waals surface area contributed by atoms with Crippen LogP contribution in [0, 0.1) is 32.4 Å². The van der Waals surface area contributed by atoms with E-state index in [9.17, 15) is 35.9 Å². The Morgan fingerprint density at radius 1 is 0.788 bits per heavy atom. The minimum atomic E-state index is -2.84. The number of fused-ring (bicyclic) bond motifs is 1. The fourth-order valence-corrected chi connectivity index (χ4v) is 8.76. The first-order valence-corrected chi connectivity index (χ1v) is 24.5. The maximum Gasteiger partial charge on any atom is 0.262 e. The molecule has 3 aromatic carbocycles. The predicted octanol–water partition coefficient (Wildman–Crippen LogP) is 13.9. The molecule has 354 valence electrons. The standard InChI is InChI=1S/C26H25F4N3OS.C21H24ClF2N3OS.C2H6/c1-16-19(23-20(27)8-4-9-21(23)28)15-31-24(33-12-5-10-26(29,30)11-13-33)22(16)25(34)32-17-6-3-7-18(14-17)35-2;1-13-17-19(26-14(2)18(13)22)25-10-5-8-21(23,24)9-11-27(20(17)28)15-6-4-7-16(12-15)29-3;1-2/h3-4,6-9,14-15H,5,10-13H2,1-2H3,(H,32,34);4,6-7,12H,5,8-11H2,1-3H3,(H,25,26);1-2H3. The van der Waals surface area contributed by atoms with Gasteiger partial charge in [0.2, 0.25) is 11.8 Å². The van der Waals surface area contributed by atoms with E-state index in [0.29, 0.717) is 51.1 Å². The molecule has 8 nitrogen and oxygen atoms in total. The Kier molecular flexibility index (Phi) is 18.3. The van der Waals surface area contributed by atoms with Crippen molar-refractivity contribution in [1.82, 2.24) is 9.97 Å². The zero-order valence-electron chi connectivity index (χ0n) is 38.1. The van der Waals surface area contributed by atoms with Crippen LogP contribution >= 0.6 is 35.1 Å². The van der Waals surface area contributed by atoms with Crippen molar-refractivity contribution in [2.45, 2.75) is 94.8 Å². The Morgan fingerprint density at radius 2 is 1.39 bits per heavy atom. The molecule has 0 atom stereocenters. The third-order valence-corrected chi connectivity index (χ3v) is 13.2. The number of pyridine rings is 2. The Labute approximate surface area is 396 Å². The number of aryl methyl sites for hydroxylation is 1. The smallest absolute Gasteiger partial charge is 0.262 e.